The van der Waals surface area contributed by atoms with Crippen LogP contribution < -0.4 is 9.62 Å². The van der Waals surface area contributed by atoms with Crippen molar-refractivity contribution in [2.24, 2.45) is 0 Å². The van der Waals surface area contributed by atoms with E-state index in [1.165, 1.54) is 12.1 Å². The molecule has 1 saturated heterocycles. The van der Waals surface area contributed by atoms with Gasteiger partial charge in [-0.2, -0.15) is 0 Å². The van der Waals surface area contributed by atoms with E-state index in [9.17, 15) is 17.6 Å². The third-order valence-electron chi connectivity index (χ3n) is 6.15. The van der Waals surface area contributed by atoms with Gasteiger partial charge in [-0.05, 0) is 60.7 Å². The van der Waals surface area contributed by atoms with Gasteiger partial charge in [0.05, 0.1) is 20.9 Å². The van der Waals surface area contributed by atoms with Crippen LogP contribution in [0.3, 0.4) is 0 Å². The number of nitrogens with one attached hydrogen (secondary N) is 1. The normalized spacial score (nSPS) is 17.3. The molecule has 1 aliphatic carbocycles. The molecule has 2 aliphatic rings. The van der Waals surface area contributed by atoms with Gasteiger partial charge in [-0.3, -0.25) is 9.69 Å². The number of hydrogen-bond donors (Lipinski definition) is 1. The fourth-order valence-corrected chi connectivity index (χ4v) is 5.63. The molecule has 2 aromatic rings. The predicted molar refractivity (Wildman–Crippen MR) is 129 cm³/mol. The first-order valence-corrected chi connectivity index (χ1v) is 13.3. The number of carbonyl (C=O) groups excluding carboxylic acids is 1. The SMILES string of the molecule is CCc1cc(C(=O)NS(=O)(=O)C2CC2)c(F)cc1CN1CCN(c2ccc(Cl)c(Cl)c2)CC1. The van der Waals surface area contributed by atoms with Crippen molar-refractivity contribution < 1.29 is 17.6 Å². The van der Waals surface area contributed by atoms with Crippen LogP contribution >= 0.6 is 23.2 Å². The molecule has 0 unspecified atom stereocenters. The number of rotatable bonds is 7. The predicted octanol–water partition coefficient (Wildman–Crippen LogP) is 4.24. The maximum atomic E-state index is 14.8. The largest absolute Gasteiger partial charge is 0.369 e. The number of hydrogen-bond acceptors (Lipinski definition) is 5. The third kappa shape index (κ3) is 5.62. The molecule has 0 atom stereocenters. The Labute approximate surface area is 203 Å². The Morgan fingerprint density at radius 2 is 1.76 bits per heavy atom. The Hall–Kier alpha value is -1.87. The zero-order valence-corrected chi connectivity index (χ0v) is 20.6. The van der Waals surface area contributed by atoms with E-state index in [1.54, 1.807) is 6.07 Å². The smallest absolute Gasteiger partial charge is 0.267 e. The van der Waals surface area contributed by atoms with Crippen molar-refractivity contribution in [3.05, 3.63) is 62.9 Å². The number of anilines is 1. The van der Waals surface area contributed by atoms with Crippen LogP contribution in [0.5, 0.6) is 0 Å². The van der Waals surface area contributed by atoms with Crippen LogP contribution in [0.1, 0.15) is 41.3 Å². The number of piperazine rings is 1. The molecule has 33 heavy (non-hydrogen) atoms. The van der Waals surface area contributed by atoms with E-state index < -0.39 is 27.0 Å². The van der Waals surface area contributed by atoms with Crippen LogP contribution in [0.2, 0.25) is 10.0 Å². The lowest BCUT2D eigenvalue weighted by Crippen LogP contribution is -2.46. The Morgan fingerprint density at radius 1 is 1.06 bits per heavy atom. The van der Waals surface area contributed by atoms with E-state index in [2.05, 4.69) is 9.80 Å². The van der Waals surface area contributed by atoms with E-state index >= 15 is 0 Å². The Kier molecular flexibility index (Phi) is 7.19. The highest BCUT2D eigenvalue weighted by molar-refractivity contribution is 7.91. The van der Waals surface area contributed by atoms with Crippen molar-refractivity contribution >= 4 is 44.8 Å². The van der Waals surface area contributed by atoms with Crippen molar-refractivity contribution in [3.8, 4) is 0 Å². The molecule has 0 aromatic heterocycles. The first-order valence-electron chi connectivity index (χ1n) is 11.0. The van der Waals surface area contributed by atoms with Crippen LogP contribution in [0.15, 0.2) is 30.3 Å². The average Bonchev–Trinajstić information content (AvgIpc) is 3.62. The molecule has 2 fully saturated rings. The topological polar surface area (TPSA) is 69.7 Å². The summed E-state index contributed by atoms with van der Waals surface area (Å²) in [7, 11) is -3.73. The van der Waals surface area contributed by atoms with Gasteiger partial charge in [-0.1, -0.05) is 30.1 Å². The van der Waals surface area contributed by atoms with Gasteiger partial charge in [-0.25, -0.2) is 17.5 Å². The third-order valence-corrected chi connectivity index (χ3v) is 8.71. The van der Waals surface area contributed by atoms with Crippen LogP contribution in [0, 0.1) is 5.82 Å². The summed E-state index contributed by atoms with van der Waals surface area (Å²) in [6.07, 6.45) is 1.67. The van der Waals surface area contributed by atoms with E-state index in [0.29, 0.717) is 35.9 Å². The van der Waals surface area contributed by atoms with E-state index in [1.807, 2.05) is 23.8 Å². The number of nitrogens with zero attached hydrogens (tertiary/aromatic N) is 2. The summed E-state index contributed by atoms with van der Waals surface area (Å²) < 4.78 is 40.9. The fourth-order valence-electron chi connectivity index (χ4n) is 4.04. The lowest BCUT2D eigenvalue weighted by atomic mass is 10.00. The van der Waals surface area contributed by atoms with Crippen LogP contribution in [0.4, 0.5) is 10.1 Å². The Bertz CT molecular complexity index is 1160. The summed E-state index contributed by atoms with van der Waals surface area (Å²) in [4.78, 5) is 16.9. The van der Waals surface area contributed by atoms with E-state index in [-0.39, 0.29) is 5.56 Å². The second-order valence-electron chi connectivity index (χ2n) is 8.49. The molecule has 1 heterocycles. The Balaban J connectivity index is 1.42. The minimum atomic E-state index is -3.73. The standard InChI is InChI=1S/C23H26Cl2FN3O3S/c1-2-15-11-19(23(30)27-33(31,32)18-4-5-18)22(26)12-16(15)14-28-7-9-29(10-8-28)17-3-6-20(24)21(25)13-17/h3,6,11-13,18H,2,4-5,7-10,14H2,1H3,(H,27,30). The summed E-state index contributed by atoms with van der Waals surface area (Å²) in [6.45, 7) is 5.64. The summed E-state index contributed by atoms with van der Waals surface area (Å²) in [5.41, 5.74) is 2.42. The van der Waals surface area contributed by atoms with Gasteiger partial charge in [0.25, 0.3) is 5.91 Å². The zero-order valence-electron chi connectivity index (χ0n) is 18.3. The minimum Gasteiger partial charge on any atom is -0.369 e. The molecule has 1 amide bonds. The van der Waals surface area contributed by atoms with Crippen molar-refractivity contribution in [1.82, 2.24) is 9.62 Å². The molecule has 1 saturated carbocycles. The number of aryl methyl sites for hydroxylation is 1. The van der Waals surface area contributed by atoms with E-state index in [4.69, 9.17) is 23.2 Å². The minimum absolute atomic E-state index is 0.232. The van der Waals surface area contributed by atoms with Crippen molar-refractivity contribution in [1.29, 1.82) is 0 Å². The summed E-state index contributed by atoms with van der Waals surface area (Å²) in [5.74, 6) is -1.61. The molecule has 1 N–H and O–H groups in total. The van der Waals surface area contributed by atoms with Crippen molar-refractivity contribution in [3.63, 3.8) is 0 Å². The average molecular weight is 514 g/mol. The first kappa shape index (κ1) is 24.3. The second kappa shape index (κ2) is 9.78. The maximum Gasteiger partial charge on any atom is 0.267 e. The van der Waals surface area contributed by atoms with Gasteiger partial charge >= 0.3 is 0 Å². The highest BCUT2D eigenvalue weighted by Gasteiger charge is 2.37. The molecule has 0 spiro atoms. The first-order chi connectivity index (χ1) is 15.7. The molecule has 1 aliphatic heterocycles. The number of amides is 1. The van der Waals surface area contributed by atoms with Gasteiger partial charge in [0.2, 0.25) is 10.0 Å². The van der Waals surface area contributed by atoms with E-state index in [0.717, 1.165) is 43.0 Å². The number of sulfonamides is 1. The van der Waals surface area contributed by atoms with Crippen molar-refractivity contribution in [2.45, 2.75) is 38.0 Å². The number of benzene rings is 2. The summed E-state index contributed by atoms with van der Waals surface area (Å²) in [5, 5.41) is 0.501. The second-order valence-corrected chi connectivity index (χ2v) is 11.3. The molecule has 6 nitrogen and oxygen atoms in total. The van der Waals surface area contributed by atoms with Crippen LogP contribution in [-0.4, -0.2) is 50.7 Å². The van der Waals surface area contributed by atoms with Gasteiger partial charge in [0.1, 0.15) is 5.82 Å². The molecule has 0 bridgehead atoms. The van der Waals surface area contributed by atoms with Gasteiger partial charge < -0.3 is 4.90 Å². The van der Waals surface area contributed by atoms with Gasteiger partial charge in [0.15, 0.2) is 0 Å². The highest BCUT2D eigenvalue weighted by atomic mass is 35.5. The fraction of sp³-hybridized carbons (Fsp3) is 0.435. The maximum absolute atomic E-state index is 14.8. The highest BCUT2D eigenvalue weighted by Crippen LogP contribution is 2.29. The number of halogens is 3. The zero-order chi connectivity index (χ0) is 23.8. The van der Waals surface area contributed by atoms with Crippen molar-refractivity contribution in [2.75, 3.05) is 31.1 Å². The Morgan fingerprint density at radius 3 is 2.36 bits per heavy atom. The molecular formula is C23H26Cl2FN3O3S. The lowest BCUT2D eigenvalue weighted by molar-refractivity contribution is 0.0977. The van der Waals surface area contributed by atoms with Gasteiger partial charge in [0, 0.05) is 38.4 Å². The molecule has 0 radical (unpaired) electrons. The number of carbonyl (C=O) groups is 1. The quantitative estimate of drug-likeness (QED) is 0.599. The molecule has 4 rings (SSSR count). The monoisotopic (exact) mass is 513 g/mol. The molecule has 178 valence electrons. The molecule has 2 aromatic carbocycles. The van der Waals surface area contributed by atoms with Crippen LogP contribution in [0.25, 0.3) is 0 Å². The summed E-state index contributed by atoms with van der Waals surface area (Å²) >= 11 is 12.1. The molecule has 10 heteroatoms. The molecular weight excluding hydrogens is 488 g/mol. The van der Waals surface area contributed by atoms with Gasteiger partial charge in [-0.15, -0.1) is 0 Å². The lowest BCUT2D eigenvalue weighted by Gasteiger charge is -2.36. The summed E-state index contributed by atoms with van der Waals surface area (Å²) in [6, 6.07) is 8.44. The van der Waals surface area contributed by atoms with Crippen LogP contribution in [-0.2, 0) is 23.0 Å².